The number of likely N-dealkylation sites (tertiary alicyclic amines) is 1. The monoisotopic (exact) mass is 380 g/mol. The number of aromatic amines is 2. The Morgan fingerprint density at radius 1 is 1.25 bits per heavy atom. The van der Waals surface area contributed by atoms with E-state index in [9.17, 15) is 9.59 Å². The number of nitrogens with one attached hydrogen (secondary N) is 2. The fourth-order valence-electron chi connectivity index (χ4n) is 4.04. The van der Waals surface area contributed by atoms with Gasteiger partial charge in [-0.2, -0.15) is 0 Å². The van der Waals surface area contributed by atoms with Crippen molar-refractivity contribution in [2.45, 2.75) is 39.7 Å². The van der Waals surface area contributed by atoms with E-state index in [1.807, 2.05) is 29.2 Å². The number of amides is 1. The first-order chi connectivity index (χ1) is 13.5. The highest BCUT2D eigenvalue weighted by Crippen LogP contribution is 2.33. The number of carbonyl (C=O) groups excluding carboxylic acids is 2. The number of hydrogen-bond donors (Lipinski definition) is 2. The number of imidazole rings is 1. The van der Waals surface area contributed by atoms with Gasteiger partial charge in [0.25, 0.3) is 5.91 Å². The zero-order valence-corrected chi connectivity index (χ0v) is 16.3. The Hall–Kier alpha value is -3.09. The number of rotatable bonds is 4. The number of para-hydroxylation sites is 2. The number of fused-ring (bicyclic) bond motifs is 1. The van der Waals surface area contributed by atoms with Crippen molar-refractivity contribution in [2.75, 3.05) is 13.2 Å². The van der Waals surface area contributed by atoms with Crippen LogP contribution in [0.25, 0.3) is 11.0 Å². The first-order valence-corrected chi connectivity index (χ1v) is 9.63. The first-order valence-electron chi connectivity index (χ1n) is 9.63. The summed E-state index contributed by atoms with van der Waals surface area (Å²) in [6.45, 7) is 6.30. The summed E-state index contributed by atoms with van der Waals surface area (Å²) in [6.07, 6.45) is 1.77. The lowest BCUT2D eigenvalue weighted by Gasteiger charge is -2.23. The molecule has 1 aromatic carbocycles. The molecule has 2 N–H and O–H groups in total. The van der Waals surface area contributed by atoms with Crippen LogP contribution in [0.15, 0.2) is 24.3 Å². The molecule has 28 heavy (non-hydrogen) atoms. The van der Waals surface area contributed by atoms with E-state index in [4.69, 9.17) is 4.74 Å². The smallest absolute Gasteiger partial charge is 0.340 e. The first kappa shape index (κ1) is 18.3. The second-order valence-corrected chi connectivity index (χ2v) is 7.14. The predicted molar refractivity (Wildman–Crippen MR) is 105 cm³/mol. The van der Waals surface area contributed by atoms with Crippen LogP contribution in [0.2, 0.25) is 0 Å². The molecule has 3 aromatic rings. The van der Waals surface area contributed by atoms with Gasteiger partial charge in [-0.3, -0.25) is 4.79 Å². The quantitative estimate of drug-likeness (QED) is 0.676. The zero-order chi connectivity index (χ0) is 19.8. The zero-order valence-electron chi connectivity index (χ0n) is 16.3. The molecule has 1 saturated heterocycles. The number of aryl methyl sites for hydroxylation is 1. The number of ether oxygens (including phenoxy) is 1. The molecule has 1 unspecified atom stereocenters. The van der Waals surface area contributed by atoms with Crippen molar-refractivity contribution in [1.82, 2.24) is 19.9 Å². The van der Waals surface area contributed by atoms with Crippen LogP contribution in [0.4, 0.5) is 0 Å². The maximum absolute atomic E-state index is 13.3. The van der Waals surface area contributed by atoms with Crippen LogP contribution in [-0.2, 0) is 4.74 Å². The van der Waals surface area contributed by atoms with E-state index in [0.717, 1.165) is 29.7 Å². The molecule has 0 spiro atoms. The number of H-pyrrole nitrogens is 2. The maximum Gasteiger partial charge on any atom is 0.340 e. The highest BCUT2D eigenvalue weighted by Gasteiger charge is 2.35. The molecular weight excluding hydrogens is 356 g/mol. The molecule has 1 aliphatic heterocycles. The standard InChI is InChI=1S/C21H24N4O3/c1-4-28-21(27)17-12(2)18(22-13(17)3)20(26)25-11-7-10-16(25)19-23-14-8-5-6-9-15(14)24-19/h5-6,8-9,16,22H,4,7,10-11H2,1-3H3,(H,23,24). The Bertz CT molecular complexity index is 1020. The molecule has 1 aliphatic rings. The van der Waals surface area contributed by atoms with Crippen LogP contribution in [0.1, 0.15) is 63.7 Å². The van der Waals surface area contributed by atoms with Crippen LogP contribution in [0.5, 0.6) is 0 Å². The van der Waals surface area contributed by atoms with Gasteiger partial charge in [0.1, 0.15) is 11.5 Å². The highest BCUT2D eigenvalue weighted by atomic mass is 16.5. The van der Waals surface area contributed by atoms with Crippen LogP contribution >= 0.6 is 0 Å². The molecule has 1 atom stereocenters. The second-order valence-electron chi connectivity index (χ2n) is 7.14. The summed E-state index contributed by atoms with van der Waals surface area (Å²) in [5, 5.41) is 0. The molecular formula is C21H24N4O3. The average Bonchev–Trinajstić information content (AvgIpc) is 3.37. The Balaban J connectivity index is 1.65. The minimum atomic E-state index is -0.400. The summed E-state index contributed by atoms with van der Waals surface area (Å²) < 4.78 is 5.13. The van der Waals surface area contributed by atoms with Crippen molar-refractivity contribution in [1.29, 1.82) is 0 Å². The molecule has 4 rings (SSSR count). The van der Waals surface area contributed by atoms with Crippen LogP contribution < -0.4 is 0 Å². The predicted octanol–water partition coefficient (Wildman–Crippen LogP) is 3.66. The van der Waals surface area contributed by atoms with Crippen LogP contribution in [0.3, 0.4) is 0 Å². The van der Waals surface area contributed by atoms with E-state index in [2.05, 4.69) is 15.0 Å². The van der Waals surface area contributed by atoms with E-state index in [0.29, 0.717) is 35.7 Å². The lowest BCUT2D eigenvalue weighted by Crippen LogP contribution is -2.31. The molecule has 0 radical (unpaired) electrons. The Morgan fingerprint density at radius 3 is 2.79 bits per heavy atom. The van der Waals surface area contributed by atoms with Gasteiger partial charge in [0.05, 0.1) is 29.2 Å². The number of nitrogens with zero attached hydrogens (tertiary/aromatic N) is 2. The summed E-state index contributed by atoms with van der Waals surface area (Å²) in [4.78, 5) is 38.5. The molecule has 7 heteroatoms. The summed E-state index contributed by atoms with van der Waals surface area (Å²) in [6, 6.07) is 7.75. The van der Waals surface area contributed by atoms with Crippen molar-refractivity contribution < 1.29 is 14.3 Å². The average molecular weight is 380 g/mol. The van der Waals surface area contributed by atoms with E-state index >= 15 is 0 Å². The van der Waals surface area contributed by atoms with Gasteiger partial charge in [0.2, 0.25) is 0 Å². The largest absolute Gasteiger partial charge is 0.462 e. The fourth-order valence-corrected chi connectivity index (χ4v) is 4.04. The topological polar surface area (TPSA) is 91.1 Å². The number of esters is 1. The van der Waals surface area contributed by atoms with Crippen molar-refractivity contribution in [3.8, 4) is 0 Å². The van der Waals surface area contributed by atoms with E-state index in [1.54, 1.807) is 20.8 Å². The number of aromatic nitrogens is 3. The molecule has 7 nitrogen and oxygen atoms in total. The van der Waals surface area contributed by atoms with Crippen molar-refractivity contribution in [3.05, 3.63) is 52.6 Å². The van der Waals surface area contributed by atoms with Crippen molar-refractivity contribution in [2.24, 2.45) is 0 Å². The van der Waals surface area contributed by atoms with Gasteiger partial charge in [0.15, 0.2) is 0 Å². The third-order valence-electron chi connectivity index (χ3n) is 5.37. The molecule has 0 bridgehead atoms. The molecule has 1 amide bonds. The normalized spacial score (nSPS) is 16.7. The lowest BCUT2D eigenvalue weighted by atomic mass is 10.1. The fraction of sp³-hybridized carbons (Fsp3) is 0.381. The molecule has 146 valence electrons. The minimum absolute atomic E-state index is 0.103. The molecule has 3 heterocycles. The SMILES string of the molecule is CCOC(=O)c1c(C)[nH]c(C(=O)N2CCCC2c2nc3ccccc3[nH]2)c1C. The minimum Gasteiger partial charge on any atom is -0.462 e. The van der Waals surface area contributed by atoms with E-state index in [1.165, 1.54) is 0 Å². The van der Waals surface area contributed by atoms with Gasteiger partial charge in [-0.25, -0.2) is 9.78 Å². The molecule has 1 fully saturated rings. The summed E-state index contributed by atoms with van der Waals surface area (Å²) in [5.74, 6) is 0.292. The van der Waals surface area contributed by atoms with E-state index < -0.39 is 5.97 Å². The number of carbonyl (C=O) groups is 2. The number of benzene rings is 1. The van der Waals surface area contributed by atoms with E-state index in [-0.39, 0.29) is 11.9 Å². The van der Waals surface area contributed by atoms with Gasteiger partial charge >= 0.3 is 5.97 Å². The van der Waals surface area contributed by atoms with Gasteiger partial charge in [0, 0.05) is 12.2 Å². The van der Waals surface area contributed by atoms with Gasteiger partial charge in [-0.15, -0.1) is 0 Å². The van der Waals surface area contributed by atoms with Gasteiger partial charge < -0.3 is 19.6 Å². The maximum atomic E-state index is 13.3. The number of hydrogen-bond acceptors (Lipinski definition) is 4. The summed E-state index contributed by atoms with van der Waals surface area (Å²) in [7, 11) is 0. The third kappa shape index (κ3) is 2.96. The Morgan fingerprint density at radius 2 is 2.04 bits per heavy atom. The van der Waals surface area contributed by atoms with Crippen LogP contribution in [0, 0.1) is 13.8 Å². The second kappa shape index (κ2) is 7.14. The van der Waals surface area contributed by atoms with Crippen molar-refractivity contribution >= 4 is 22.9 Å². The molecule has 0 saturated carbocycles. The summed E-state index contributed by atoms with van der Waals surface area (Å²) in [5.41, 5.74) is 4.05. The van der Waals surface area contributed by atoms with Crippen molar-refractivity contribution in [3.63, 3.8) is 0 Å². The lowest BCUT2D eigenvalue weighted by molar-refractivity contribution is 0.0525. The Kier molecular flexibility index (Phi) is 4.66. The Labute approximate surface area is 163 Å². The summed E-state index contributed by atoms with van der Waals surface area (Å²) >= 11 is 0. The molecule has 2 aromatic heterocycles. The third-order valence-corrected chi connectivity index (χ3v) is 5.37. The van der Waals surface area contributed by atoms with Crippen LogP contribution in [-0.4, -0.2) is 44.9 Å². The van der Waals surface area contributed by atoms with Gasteiger partial charge in [-0.1, -0.05) is 12.1 Å². The highest BCUT2D eigenvalue weighted by molar-refractivity contribution is 6.00. The van der Waals surface area contributed by atoms with Gasteiger partial charge in [-0.05, 0) is 51.3 Å². The molecule has 0 aliphatic carbocycles.